The number of benzene rings is 2. The van der Waals surface area contributed by atoms with Crippen molar-refractivity contribution in [2.75, 3.05) is 6.54 Å². The number of halogens is 1. The van der Waals surface area contributed by atoms with Gasteiger partial charge in [0.1, 0.15) is 5.82 Å². The number of rotatable bonds is 6. The van der Waals surface area contributed by atoms with Gasteiger partial charge in [-0.15, -0.1) is 0 Å². The van der Waals surface area contributed by atoms with Gasteiger partial charge in [0.25, 0.3) is 0 Å². The van der Waals surface area contributed by atoms with Crippen LogP contribution in [0, 0.1) is 5.82 Å². The van der Waals surface area contributed by atoms with Crippen LogP contribution in [-0.4, -0.2) is 33.1 Å². The van der Waals surface area contributed by atoms with Crippen molar-refractivity contribution in [1.29, 1.82) is 0 Å². The van der Waals surface area contributed by atoms with E-state index in [1.54, 1.807) is 0 Å². The zero-order valence-corrected chi connectivity index (χ0v) is 18.1. The summed E-state index contributed by atoms with van der Waals surface area (Å²) in [6, 6.07) is 15.1. The van der Waals surface area contributed by atoms with Crippen LogP contribution in [0.15, 0.2) is 61.1 Å². The van der Waals surface area contributed by atoms with Gasteiger partial charge in [-0.25, -0.2) is 14.2 Å². The number of hydrogen-bond donors (Lipinski definition) is 1. The molecule has 0 aliphatic carbocycles. The van der Waals surface area contributed by atoms with E-state index in [1.165, 1.54) is 12.1 Å². The number of amides is 2. The molecule has 6 heteroatoms. The van der Waals surface area contributed by atoms with Gasteiger partial charge in [-0.2, -0.15) is 0 Å². The molecule has 0 saturated carbocycles. The molecule has 0 unspecified atom stereocenters. The Balaban J connectivity index is 1.59. The highest BCUT2D eigenvalue weighted by Gasteiger charge is 2.32. The van der Waals surface area contributed by atoms with Gasteiger partial charge in [-0.3, -0.25) is 0 Å². The topological polar surface area (TPSA) is 50.2 Å². The lowest BCUT2D eigenvalue weighted by molar-refractivity contribution is 0.190. The van der Waals surface area contributed by atoms with Gasteiger partial charge < -0.3 is 14.8 Å². The quantitative estimate of drug-likeness (QED) is 0.597. The number of nitrogens with one attached hydrogen (secondary N) is 1. The van der Waals surface area contributed by atoms with E-state index in [9.17, 15) is 9.18 Å². The summed E-state index contributed by atoms with van der Waals surface area (Å²) >= 11 is 0. The highest BCUT2D eigenvalue weighted by Crippen LogP contribution is 2.37. The van der Waals surface area contributed by atoms with Crippen LogP contribution in [-0.2, 0) is 13.0 Å². The van der Waals surface area contributed by atoms with E-state index >= 15 is 0 Å². The Kier molecular flexibility index (Phi) is 6.35. The second-order valence-corrected chi connectivity index (χ2v) is 8.39. The molecule has 1 N–H and O–H groups in total. The SMILES string of the molecule is CC(C)NC(=O)N1CCC[C@H]1c1ccccc1-c1cncn1CCc1ccc(F)cc1. The first-order chi connectivity index (χ1) is 15.0. The lowest BCUT2D eigenvalue weighted by Crippen LogP contribution is -2.42. The molecule has 3 aromatic rings. The Morgan fingerprint density at radius 2 is 1.97 bits per heavy atom. The second kappa shape index (κ2) is 9.33. The average Bonchev–Trinajstić information content (AvgIpc) is 3.42. The van der Waals surface area contributed by atoms with Crippen molar-refractivity contribution in [3.63, 3.8) is 0 Å². The number of aromatic nitrogens is 2. The van der Waals surface area contributed by atoms with Crippen LogP contribution in [0.2, 0.25) is 0 Å². The third-order valence-electron chi connectivity index (χ3n) is 5.79. The van der Waals surface area contributed by atoms with Crippen molar-refractivity contribution >= 4 is 6.03 Å². The fourth-order valence-electron chi connectivity index (χ4n) is 4.31. The summed E-state index contributed by atoms with van der Waals surface area (Å²) in [6.45, 7) is 5.48. The number of likely N-dealkylation sites (tertiary alicyclic amines) is 1. The second-order valence-electron chi connectivity index (χ2n) is 8.39. The molecule has 0 bridgehead atoms. The molecule has 1 atom stereocenters. The predicted octanol–water partition coefficient (Wildman–Crippen LogP) is 5.19. The van der Waals surface area contributed by atoms with Crippen molar-refractivity contribution in [2.45, 2.75) is 51.7 Å². The molecule has 162 valence electrons. The van der Waals surface area contributed by atoms with E-state index in [0.29, 0.717) is 0 Å². The Bertz CT molecular complexity index is 1030. The molecule has 4 rings (SSSR count). The van der Waals surface area contributed by atoms with Crippen molar-refractivity contribution in [2.24, 2.45) is 0 Å². The normalized spacial score (nSPS) is 16.1. The summed E-state index contributed by atoms with van der Waals surface area (Å²) < 4.78 is 15.3. The number of urea groups is 1. The first kappa shape index (κ1) is 21.1. The first-order valence-electron chi connectivity index (χ1n) is 10.9. The third kappa shape index (κ3) is 4.79. The lowest BCUT2D eigenvalue weighted by Gasteiger charge is -2.28. The molecule has 1 saturated heterocycles. The van der Waals surface area contributed by atoms with Crippen molar-refractivity contribution in [3.05, 3.63) is 78.0 Å². The Morgan fingerprint density at radius 3 is 2.74 bits per heavy atom. The third-order valence-corrected chi connectivity index (χ3v) is 5.79. The Labute approximate surface area is 182 Å². The van der Waals surface area contributed by atoms with Crippen LogP contribution in [0.4, 0.5) is 9.18 Å². The number of hydrogen-bond acceptors (Lipinski definition) is 2. The molecule has 1 aliphatic heterocycles. The standard InChI is InChI=1S/C25H29FN4O/c1-18(2)28-25(31)30-14-5-8-23(30)21-6-3-4-7-22(21)24-16-27-17-29(24)15-13-19-9-11-20(26)12-10-19/h3-4,6-7,9-12,16-18,23H,5,8,13-15H2,1-2H3,(H,28,31)/t23-/m0/s1. The monoisotopic (exact) mass is 420 g/mol. The smallest absolute Gasteiger partial charge is 0.318 e. The molecular weight excluding hydrogens is 391 g/mol. The summed E-state index contributed by atoms with van der Waals surface area (Å²) in [5.74, 6) is -0.219. The zero-order valence-electron chi connectivity index (χ0n) is 18.1. The summed E-state index contributed by atoms with van der Waals surface area (Å²) in [7, 11) is 0. The molecule has 0 radical (unpaired) electrons. The maximum atomic E-state index is 13.2. The predicted molar refractivity (Wildman–Crippen MR) is 120 cm³/mol. The van der Waals surface area contributed by atoms with Gasteiger partial charge in [-0.1, -0.05) is 36.4 Å². The highest BCUT2D eigenvalue weighted by atomic mass is 19.1. The van der Waals surface area contributed by atoms with Crippen molar-refractivity contribution in [3.8, 4) is 11.3 Å². The number of aryl methyl sites for hydroxylation is 2. The molecule has 2 heterocycles. The number of carbonyl (C=O) groups is 1. The molecule has 2 amide bonds. The van der Waals surface area contributed by atoms with Crippen LogP contribution in [0.25, 0.3) is 11.3 Å². The molecule has 2 aromatic carbocycles. The summed E-state index contributed by atoms with van der Waals surface area (Å²) in [4.78, 5) is 19.1. The first-order valence-corrected chi connectivity index (χ1v) is 10.9. The summed E-state index contributed by atoms with van der Waals surface area (Å²) in [6.07, 6.45) is 6.46. The molecule has 5 nitrogen and oxygen atoms in total. The average molecular weight is 421 g/mol. The lowest BCUT2D eigenvalue weighted by atomic mass is 9.96. The maximum absolute atomic E-state index is 13.2. The van der Waals surface area contributed by atoms with Crippen LogP contribution in [0.1, 0.15) is 43.9 Å². The largest absolute Gasteiger partial charge is 0.336 e. The van der Waals surface area contributed by atoms with E-state index in [1.807, 2.05) is 55.5 Å². The van der Waals surface area contributed by atoms with Crippen molar-refractivity contribution in [1.82, 2.24) is 19.8 Å². The molecule has 1 fully saturated rings. The van der Waals surface area contributed by atoms with E-state index in [0.717, 1.165) is 54.7 Å². The van der Waals surface area contributed by atoms with Crippen LogP contribution in [0.5, 0.6) is 0 Å². The Hall–Kier alpha value is -3.15. The molecule has 0 spiro atoms. The highest BCUT2D eigenvalue weighted by molar-refractivity contribution is 5.76. The van der Waals surface area contributed by atoms with Gasteiger partial charge in [0.15, 0.2) is 0 Å². The summed E-state index contributed by atoms with van der Waals surface area (Å²) in [5.41, 5.74) is 4.38. The summed E-state index contributed by atoms with van der Waals surface area (Å²) in [5, 5.41) is 3.04. The minimum atomic E-state index is -0.219. The van der Waals surface area contributed by atoms with Gasteiger partial charge in [0.2, 0.25) is 0 Å². The van der Waals surface area contributed by atoms with Gasteiger partial charge >= 0.3 is 6.03 Å². The molecule has 1 aliphatic rings. The van der Waals surface area contributed by atoms with Gasteiger partial charge in [0.05, 0.1) is 24.3 Å². The van der Waals surface area contributed by atoms with Crippen LogP contribution < -0.4 is 5.32 Å². The fraction of sp³-hybridized carbons (Fsp3) is 0.360. The molecule has 31 heavy (non-hydrogen) atoms. The maximum Gasteiger partial charge on any atom is 0.318 e. The minimum Gasteiger partial charge on any atom is -0.336 e. The van der Waals surface area contributed by atoms with Gasteiger partial charge in [0, 0.05) is 24.7 Å². The zero-order chi connectivity index (χ0) is 21.8. The van der Waals surface area contributed by atoms with E-state index < -0.39 is 0 Å². The van der Waals surface area contributed by atoms with Gasteiger partial charge in [-0.05, 0) is 56.4 Å². The number of nitrogens with zero attached hydrogens (tertiary/aromatic N) is 3. The Morgan fingerprint density at radius 1 is 1.19 bits per heavy atom. The van der Waals surface area contributed by atoms with E-state index in [-0.39, 0.29) is 23.9 Å². The van der Waals surface area contributed by atoms with Crippen molar-refractivity contribution < 1.29 is 9.18 Å². The van der Waals surface area contributed by atoms with Crippen LogP contribution >= 0.6 is 0 Å². The fourth-order valence-corrected chi connectivity index (χ4v) is 4.31. The molecule has 1 aromatic heterocycles. The van der Waals surface area contributed by atoms with E-state index in [2.05, 4.69) is 27.0 Å². The number of imidazole rings is 1. The van der Waals surface area contributed by atoms with E-state index in [4.69, 9.17) is 0 Å². The minimum absolute atomic E-state index is 0.00267. The number of carbonyl (C=O) groups excluding carboxylic acids is 1. The van der Waals surface area contributed by atoms with Crippen LogP contribution in [0.3, 0.4) is 0 Å². The molecular formula is C25H29FN4O.